The molecule has 4 nitrogen and oxygen atoms in total. The van der Waals surface area contributed by atoms with Crippen LogP contribution in [-0.2, 0) is 4.79 Å². The van der Waals surface area contributed by atoms with Crippen molar-refractivity contribution in [2.24, 2.45) is 17.1 Å². The molecule has 0 saturated heterocycles. The summed E-state index contributed by atoms with van der Waals surface area (Å²) in [4.78, 5) is 14.5. The van der Waals surface area contributed by atoms with Gasteiger partial charge in [-0.15, -0.1) is 24.8 Å². The molecule has 0 heterocycles. The van der Waals surface area contributed by atoms with Gasteiger partial charge in [0, 0.05) is 18.6 Å². The van der Waals surface area contributed by atoms with Gasteiger partial charge in [0.1, 0.15) is 0 Å². The van der Waals surface area contributed by atoms with E-state index in [0.29, 0.717) is 6.54 Å². The predicted molar refractivity (Wildman–Crippen MR) is 94.4 cm³/mol. The molecular formula is C15H33Cl2N3O. The zero-order valence-electron chi connectivity index (χ0n) is 14.1. The third kappa shape index (κ3) is 7.68. The number of nitrogens with zero attached hydrogens (tertiary/aromatic N) is 1. The minimum atomic E-state index is -0.339. The van der Waals surface area contributed by atoms with E-state index in [1.807, 2.05) is 6.92 Å². The fourth-order valence-corrected chi connectivity index (χ4v) is 3.15. The number of carbonyl (C=O) groups excluding carboxylic acids is 1. The number of carbonyl (C=O) groups is 1. The highest BCUT2D eigenvalue weighted by Crippen LogP contribution is 2.31. The normalized spacial score (nSPS) is 25.8. The van der Waals surface area contributed by atoms with Gasteiger partial charge in [0.15, 0.2) is 0 Å². The van der Waals surface area contributed by atoms with Gasteiger partial charge in [-0.25, -0.2) is 0 Å². The number of hydrogen-bond acceptors (Lipinski definition) is 3. The van der Waals surface area contributed by atoms with Crippen LogP contribution in [0.25, 0.3) is 0 Å². The van der Waals surface area contributed by atoms with E-state index in [9.17, 15) is 4.79 Å². The zero-order chi connectivity index (χ0) is 14.7. The molecule has 0 radical (unpaired) electrons. The Morgan fingerprint density at radius 1 is 1.33 bits per heavy atom. The van der Waals surface area contributed by atoms with Crippen LogP contribution >= 0.6 is 24.8 Å². The molecule has 0 aromatic heterocycles. The number of halogens is 2. The second-order valence-electron chi connectivity index (χ2n) is 7.42. The molecule has 2 atom stereocenters. The smallest absolute Gasteiger partial charge is 0.224 e. The Morgan fingerprint density at radius 2 is 1.90 bits per heavy atom. The molecule has 1 aliphatic rings. The van der Waals surface area contributed by atoms with E-state index >= 15 is 0 Å². The van der Waals surface area contributed by atoms with Gasteiger partial charge >= 0.3 is 0 Å². The van der Waals surface area contributed by atoms with Crippen molar-refractivity contribution in [2.75, 3.05) is 27.2 Å². The largest absolute Gasteiger partial charge is 0.355 e. The van der Waals surface area contributed by atoms with Crippen LogP contribution in [0.2, 0.25) is 0 Å². The number of nitrogens with one attached hydrogen (secondary N) is 1. The van der Waals surface area contributed by atoms with Crippen LogP contribution in [0.15, 0.2) is 0 Å². The Bertz CT molecular complexity index is 320. The van der Waals surface area contributed by atoms with Crippen molar-refractivity contribution in [3.63, 3.8) is 0 Å². The third-order valence-electron chi connectivity index (χ3n) is 4.06. The average molecular weight is 342 g/mol. The first kappa shape index (κ1) is 23.2. The van der Waals surface area contributed by atoms with E-state index < -0.39 is 0 Å². The fourth-order valence-electron chi connectivity index (χ4n) is 3.15. The summed E-state index contributed by atoms with van der Waals surface area (Å²) in [5, 5.41) is 3.11. The van der Waals surface area contributed by atoms with Crippen molar-refractivity contribution >= 4 is 30.7 Å². The highest BCUT2D eigenvalue weighted by Gasteiger charge is 2.38. The molecule has 1 saturated carbocycles. The number of amides is 1. The molecule has 0 aromatic carbocycles. The third-order valence-corrected chi connectivity index (χ3v) is 4.06. The van der Waals surface area contributed by atoms with Gasteiger partial charge in [-0.3, -0.25) is 4.79 Å². The van der Waals surface area contributed by atoms with Crippen LogP contribution < -0.4 is 11.1 Å². The summed E-state index contributed by atoms with van der Waals surface area (Å²) in [5.74, 6) is 0.105. The Hall–Kier alpha value is -0.0300. The quantitative estimate of drug-likeness (QED) is 0.807. The summed E-state index contributed by atoms with van der Waals surface area (Å²) in [6.45, 7) is 8.03. The molecule has 6 heteroatoms. The van der Waals surface area contributed by atoms with E-state index in [1.165, 1.54) is 0 Å². The highest BCUT2D eigenvalue weighted by molar-refractivity contribution is 5.85. The standard InChI is InChI=1S/C15H31N3O.2ClH/c1-14(2,11-18(4)5)10-17-13(19)12-8-6-7-9-15(12,3)16;;/h12H,6-11,16H2,1-5H3,(H,17,19);2*1H. The van der Waals surface area contributed by atoms with Crippen LogP contribution in [0.1, 0.15) is 46.5 Å². The molecule has 3 N–H and O–H groups in total. The molecule has 0 bridgehead atoms. The lowest BCUT2D eigenvalue weighted by Crippen LogP contribution is -2.54. The van der Waals surface area contributed by atoms with Gasteiger partial charge in [-0.05, 0) is 39.3 Å². The first-order valence-electron chi connectivity index (χ1n) is 7.35. The molecule has 2 unspecified atom stereocenters. The maximum absolute atomic E-state index is 12.3. The van der Waals surface area contributed by atoms with Gasteiger partial charge in [0.25, 0.3) is 0 Å². The minimum absolute atomic E-state index is 0. The van der Waals surface area contributed by atoms with Crippen LogP contribution in [0, 0.1) is 11.3 Å². The first-order chi connectivity index (χ1) is 8.64. The van der Waals surface area contributed by atoms with Crippen molar-refractivity contribution < 1.29 is 4.79 Å². The SMILES string of the molecule is CN(C)CC(C)(C)CNC(=O)C1CCCCC1(C)N.Cl.Cl. The summed E-state index contributed by atoms with van der Waals surface area (Å²) in [5.41, 5.74) is 6.02. The Labute approximate surface area is 142 Å². The number of hydrogen-bond donors (Lipinski definition) is 2. The van der Waals surface area contributed by atoms with Crippen LogP contribution in [0.3, 0.4) is 0 Å². The van der Waals surface area contributed by atoms with Crippen molar-refractivity contribution in [1.29, 1.82) is 0 Å². The topological polar surface area (TPSA) is 58.4 Å². The highest BCUT2D eigenvalue weighted by atomic mass is 35.5. The van der Waals surface area contributed by atoms with Crippen molar-refractivity contribution in [3.05, 3.63) is 0 Å². The second-order valence-corrected chi connectivity index (χ2v) is 7.42. The summed E-state index contributed by atoms with van der Waals surface area (Å²) in [6.07, 6.45) is 4.13. The van der Waals surface area contributed by atoms with Gasteiger partial charge < -0.3 is 16.0 Å². The van der Waals surface area contributed by atoms with Crippen LogP contribution in [0.4, 0.5) is 0 Å². The van der Waals surface area contributed by atoms with Crippen molar-refractivity contribution in [2.45, 2.75) is 52.0 Å². The Morgan fingerprint density at radius 3 is 2.38 bits per heavy atom. The molecule has 1 rings (SSSR count). The lowest BCUT2D eigenvalue weighted by atomic mass is 9.74. The number of rotatable bonds is 5. The van der Waals surface area contributed by atoms with E-state index in [-0.39, 0.29) is 47.6 Å². The number of nitrogens with two attached hydrogens (primary N) is 1. The van der Waals surface area contributed by atoms with Gasteiger partial charge in [-0.2, -0.15) is 0 Å². The monoisotopic (exact) mass is 341 g/mol. The zero-order valence-corrected chi connectivity index (χ0v) is 15.7. The minimum Gasteiger partial charge on any atom is -0.355 e. The first-order valence-corrected chi connectivity index (χ1v) is 7.35. The fraction of sp³-hybridized carbons (Fsp3) is 0.933. The predicted octanol–water partition coefficient (Wildman–Crippen LogP) is 2.44. The van der Waals surface area contributed by atoms with Crippen LogP contribution in [-0.4, -0.2) is 43.5 Å². The summed E-state index contributed by atoms with van der Waals surface area (Å²) in [7, 11) is 4.11. The molecule has 1 amide bonds. The maximum Gasteiger partial charge on any atom is 0.224 e. The Kier molecular flexibility index (Phi) is 10.2. The molecule has 128 valence electrons. The average Bonchev–Trinajstić information content (AvgIpc) is 2.23. The lowest BCUT2D eigenvalue weighted by molar-refractivity contribution is -0.128. The molecule has 21 heavy (non-hydrogen) atoms. The van der Waals surface area contributed by atoms with Gasteiger partial charge in [-0.1, -0.05) is 26.7 Å². The molecule has 0 aromatic rings. The van der Waals surface area contributed by atoms with E-state index in [0.717, 1.165) is 32.2 Å². The summed E-state index contributed by atoms with van der Waals surface area (Å²) < 4.78 is 0. The van der Waals surface area contributed by atoms with Crippen LogP contribution in [0.5, 0.6) is 0 Å². The molecule has 0 spiro atoms. The summed E-state index contributed by atoms with van der Waals surface area (Å²) in [6, 6.07) is 0. The summed E-state index contributed by atoms with van der Waals surface area (Å²) >= 11 is 0. The van der Waals surface area contributed by atoms with E-state index in [4.69, 9.17) is 5.73 Å². The van der Waals surface area contributed by atoms with Crippen molar-refractivity contribution in [1.82, 2.24) is 10.2 Å². The molecular weight excluding hydrogens is 309 g/mol. The second kappa shape index (κ2) is 9.19. The molecule has 1 fully saturated rings. The molecule has 0 aliphatic heterocycles. The van der Waals surface area contributed by atoms with Crippen molar-refractivity contribution in [3.8, 4) is 0 Å². The Balaban J connectivity index is 0. The van der Waals surface area contributed by atoms with Gasteiger partial charge in [0.05, 0.1) is 5.92 Å². The van der Waals surface area contributed by atoms with Gasteiger partial charge in [0.2, 0.25) is 5.91 Å². The maximum atomic E-state index is 12.3. The van der Waals surface area contributed by atoms with E-state index in [1.54, 1.807) is 0 Å². The molecule has 1 aliphatic carbocycles. The lowest BCUT2D eigenvalue weighted by Gasteiger charge is -2.38. The van der Waals surface area contributed by atoms with E-state index in [2.05, 4.69) is 38.2 Å².